The number of hydrogen-bond acceptors (Lipinski definition) is 3. The maximum absolute atomic E-state index is 11.2. The van der Waals surface area contributed by atoms with Gasteiger partial charge in [-0.05, 0) is 6.42 Å². The molecule has 5 heteroatoms. The van der Waals surface area contributed by atoms with Crippen molar-refractivity contribution in [1.82, 2.24) is 4.90 Å². The van der Waals surface area contributed by atoms with Crippen molar-refractivity contribution in [3.63, 3.8) is 0 Å². The zero-order chi connectivity index (χ0) is 9.84. The van der Waals surface area contributed by atoms with Crippen molar-refractivity contribution in [2.24, 2.45) is 11.7 Å². The van der Waals surface area contributed by atoms with Crippen LogP contribution in [0.15, 0.2) is 0 Å². The summed E-state index contributed by atoms with van der Waals surface area (Å²) in [5.41, 5.74) is 5.30. The Balaban J connectivity index is 2.52. The molecule has 0 aliphatic carbocycles. The van der Waals surface area contributed by atoms with Crippen LogP contribution in [0.2, 0.25) is 0 Å². The Morgan fingerprint density at radius 1 is 1.69 bits per heavy atom. The molecule has 1 aliphatic rings. The maximum atomic E-state index is 11.2. The second-order valence-corrected chi connectivity index (χ2v) is 3.20. The van der Waals surface area contributed by atoms with Crippen LogP contribution in [0.25, 0.3) is 0 Å². The Morgan fingerprint density at radius 2 is 2.38 bits per heavy atom. The van der Waals surface area contributed by atoms with Crippen molar-refractivity contribution in [3.05, 3.63) is 0 Å². The number of nitrogens with zero attached hydrogens (tertiary/aromatic N) is 1. The number of amides is 1. The van der Waals surface area contributed by atoms with Gasteiger partial charge in [0, 0.05) is 26.1 Å². The normalized spacial score (nSPS) is 23.3. The van der Waals surface area contributed by atoms with E-state index in [2.05, 4.69) is 0 Å². The molecule has 0 aromatic heterocycles. The van der Waals surface area contributed by atoms with Gasteiger partial charge in [-0.1, -0.05) is 0 Å². The van der Waals surface area contributed by atoms with Gasteiger partial charge in [-0.15, -0.1) is 0 Å². The molecule has 0 bridgehead atoms. The molecule has 0 aromatic carbocycles. The summed E-state index contributed by atoms with van der Waals surface area (Å²) < 4.78 is 0. The van der Waals surface area contributed by atoms with Gasteiger partial charge in [0.15, 0.2) is 0 Å². The summed E-state index contributed by atoms with van der Waals surface area (Å²) >= 11 is 0. The highest BCUT2D eigenvalue weighted by Crippen LogP contribution is 2.16. The minimum atomic E-state index is -0.825. The number of carboxylic acids is 1. The molecular formula is C8H14N2O3. The fourth-order valence-corrected chi connectivity index (χ4v) is 1.49. The van der Waals surface area contributed by atoms with Crippen molar-refractivity contribution >= 4 is 11.9 Å². The third-order valence-electron chi connectivity index (χ3n) is 2.25. The van der Waals surface area contributed by atoms with Crippen LogP contribution in [0.5, 0.6) is 0 Å². The standard InChI is InChI=1S/C8H14N2O3/c9-3-4-10-5-6(8(12)13)1-2-7(10)11/h6H,1-5,9H2,(H,12,13). The van der Waals surface area contributed by atoms with E-state index in [0.717, 1.165) is 0 Å². The van der Waals surface area contributed by atoms with Gasteiger partial charge >= 0.3 is 5.97 Å². The fraction of sp³-hybridized carbons (Fsp3) is 0.750. The SMILES string of the molecule is NCCN1CC(C(=O)O)CCC1=O. The summed E-state index contributed by atoms with van der Waals surface area (Å²) in [5.74, 6) is -1.22. The van der Waals surface area contributed by atoms with Gasteiger partial charge in [-0.2, -0.15) is 0 Å². The molecule has 0 aromatic rings. The minimum absolute atomic E-state index is 0.0166. The Labute approximate surface area is 76.5 Å². The van der Waals surface area contributed by atoms with Crippen LogP contribution in [0.1, 0.15) is 12.8 Å². The smallest absolute Gasteiger partial charge is 0.308 e. The first kappa shape index (κ1) is 9.98. The number of hydrogen-bond donors (Lipinski definition) is 2. The van der Waals surface area contributed by atoms with Gasteiger partial charge in [-0.3, -0.25) is 9.59 Å². The lowest BCUT2D eigenvalue weighted by molar-refractivity contribution is -0.147. The average molecular weight is 186 g/mol. The fourth-order valence-electron chi connectivity index (χ4n) is 1.49. The van der Waals surface area contributed by atoms with Gasteiger partial charge in [0.2, 0.25) is 5.91 Å². The average Bonchev–Trinajstić information content (AvgIpc) is 2.08. The van der Waals surface area contributed by atoms with E-state index in [0.29, 0.717) is 32.5 Å². The zero-order valence-corrected chi connectivity index (χ0v) is 7.40. The predicted molar refractivity (Wildman–Crippen MR) is 46.0 cm³/mol. The lowest BCUT2D eigenvalue weighted by atomic mass is 9.98. The van der Waals surface area contributed by atoms with Crippen LogP contribution < -0.4 is 5.73 Å². The van der Waals surface area contributed by atoms with E-state index in [-0.39, 0.29) is 5.91 Å². The van der Waals surface area contributed by atoms with Gasteiger partial charge < -0.3 is 15.7 Å². The molecule has 1 unspecified atom stereocenters. The molecule has 1 atom stereocenters. The Morgan fingerprint density at radius 3 is 2.92 bits per heavy atom. The Bertz CT molecular complexity index is 217. The lowest BCUT2D eigenvalue weighted by Crippen LogP contribution is -2.44. The van der Waals surface area contributed by atoms with Crippen molar-refractivity contribution in [2.45, 2.75) is 12.8 Å². The van der Waals surface area contributed by atoms with E-state index in [1.165, 1.54) is 4.90 Å². The van der Waals surface area contributed by atoms with Gasteiger partial charge in [-0.25, -0.2) is 0 Å². The largest absolute Gasteiger partial charge is 0.481 e. The first-order chi connectivity index (χ1) is 6.15. The molecular weight excluding hydrogens is 172 g/mol. The van der Waals surface area contributed by atoms with E-state index in [1.807, 2.05) is 0 Å². The number of carbonyl (C=O) groups excluding carboxylic acids is 1. The van der Waals surface area contributed by atoms with Crippen LogP contribution in [0.4, 0.5) is 0 Å². The van der Waals surface area contributed by atoms with Crippen molar-refractivity contribution < 1.29 is 14.7 Å². The summed E-state index contributed by atoms with van der Waals surface area (Å²) in [5, 5.41) is 8.74. The number of aliphatic carboxylic acids is 1. The molecule has 1 saturated heterocycles. The summed E-state index contributed by atoms with van der Waals surface area (Å²) in [6.07, 6.45) is 0.784. The number of likely N-dealkylation sites (tertiary alicyclic amines) is 1. The molecule has 1 aliphatic heterocycles. The maximum Gasteiger partial charge on any atom is 0.308 e. The Kier molecular flexibility index (Phi) is 3.25. The number of rotatable bonds is 3. The van der Waals surface area contributed by atoms with Gasteiger partial charge in [0.25, 0.3) is 0 Å². The van der Waals surface area contributed by atoms with Crippen molar-refractivity contribution in [1.29, 1.82) is 0 Å². The minimum Gasteiger partial charge on any atom is -0.481 e. The summed E-state index contributed by atoms with van der Waals surface area (Å²) in [6, 6.07) is 0. The quantitative estimate of drug-likeness (QED) is 0.608. The van der Waals surface area contributed by atoms with Crippen LogP contribution in [0, 0.1) is 5.92 Å². The van der Waals surface area contributed by atoms with Crippen LogP contribution >= 0.6 is 0 Å². The van der Waals surface area contributed by atoms with Crippen LogP contribution in [0.3, 0.4) is 0 Å². The monoisotopic (exact) mass is 186 g/mol. The first-order valence-electron chi connectivity index (χ1n) is 4.35. The second kappa shape index (κ2) is 4.23. The third kappa shape index (κ3) is 2.42. The van der Waals surface area contributed by atoms with Gasteiger partial charge in [0.1, 0.15) is 0 Å². The molecule has 1 fully saturated rings. The van der Waals surface area contributed by atoms with E-state index < -0.39 is 11.9 Å². The van der Waals surface area contributed by atoms with E-state index in [1.54, 1.807) is 0 Å². The lowest BCUT2D eigenvalue weighted by Gasteiger charge is -2.30. The van der Waals surface area contributed by atoms with E-state index >= 15 is 0 Å². The van der Waals surface area contributed by atoms with Crippen molar-refractivity contribution in [3.8, 4) is 0 Å². The summed E-state index contributed by atoms with van der Waals surface area (Å²) in [4.78, 5) is 23.4. The molecule has 74 valence electrons. The summed E-state index contributed by atoms with van der Waals surface area (Å²) in [7, 11) is 0. The summed E-state index contributed by atoms with van der Waals surface area (Å²) in [6.45, 7) is 1.16. The van der Waals surface area contributed by atoms with E-state index in [9.17, 15) is 9.59 Å². The topological polar surface area (TPSA) is 83.6 Å². The van der Waals surface area contributed by atoms with E-state index in [4.69, 9.17) is 10.8 Å². The first-order valence-corrected chi connectivity index (χ1v) is 4.35. The Hall–Kier alpha value is -1.10. The molecule has 1 rings (SSSR count). The highest BCUT2D eigenvalue weighted by Gasteiger charge is 2.29. The number of carbonyl (C=O) groups is 2. The molecule has 5 nitrogen and oxygen atoms in total. The predicted octanol–water partition coefficient (Wildman–Crippen LogP) is -0.732. The highest BCUT2D eigenvalue weighted by molar-refractivity contribution is 5.80. The second-order valence-electron chi connectivity index (χ2n) is 3.20. The molecule has 3 N–H and O–H groups in total. The van der Waals surface area contributed by atoms with Gasteiger partial charge in [0.05, 0.1) is 5.92 Å². The number of nitrogens with two attached hydrogens (primary N) is 1. The third-order valence-corrected chi connectivity index (χ3v) is 2.25. The highest BCUT2D eigenvalue weighted by atomic mass is 16.4. The molecule has 1 amide bonds. The molecule has 0 radical (unpaired) electrons. The molecule has 0 spiro atoms. The molecule has 13 heavy (non-hydrogen) atoms. The molecule has 0 saturated carbocycles. The van der Waals surface area contributed by atoms with Crippen LogP contribution in [-0.2, 0) is 9.59 Å². The number of piperidine rings is 1. The zero-order valence-electron chi connectivity index (χ0n) is 7.40. The van der Waals surface area contributed by atoms with Crippen LogP contribution in [-0.4, -0.2) is 41.5 Å². The molecule has 1 heterocycles. The number of carboxylic acid groups (broad SMARTS) is 1. The van der Waals surface area contributed by atoms with Crippen molar-refractivity contribution in [2.75, 3.05) is 19.6 Å².